The zero-order valence-electron chi connectivity index (χ0n) is 20.1. The molecule has 0 fully saturated rings. The molecule has 1 aliphatic rings. The van der Waals surface area contributed by atoms with Crippen molar-refractivity contribution in [2.45, 2.75) is 13.0 Å². The first-order valence-electron chi connectivity index (χ1n) is 11.3. The summed E-state index contributed by atoms with van der Waals surface area (Å²) in [6.45, 7) is 5.04. The van der Waals surface area contributed by atoms with Gasteiger partial charge in [0.2, 0.25) is 0 Å². The SMILES string of the molecule is C=CCOC(=O)c1sc(N2C(=O)C(O)=C(C(=O)C=Cc3ccccc3)C2c2ccc([N+](=O)[O-])cc2)nc1C. The highest BCUT2D eigenvalue weighted by atomic mass is 32.1. The van der Waals surface area contributed by atoms with Gasteiger partial charge in [0.05, 0.1) is 22.2 Å². The molecule has 0 bridgehead atoms. The van der Waals surface area contributed by atoms with E-state index in [-0.39, 0.29) is 33.6 Å². The number of aryl methyl sites for hydroxylation is 1. The van der Waals surface area contributed by atoms with E-state index in [1.807, 2.05) is 6.07 Å². The Bertz CT molecular complexity index is 1490. The van der Waals surface area contributed by atoms with Gasteiger partial charge in [-0.2, -0.15) is 0 Å². The number of thiazole rings is 1. The number of ketones is 1. The molecule has 3 aromatic rings. The lowest BCUT2D eigenvalue weighted by atomic mass is 9.95. The van der Waals surface area contributed by atoms with Crippen molar-refractivity contribution in [3.8, 4) is 0 Å². The topological polar surface area (TPSA) is 140 Å². The van der Waals surface area contributed by atoms with E-state index in [1.54, 1.807) is 37.3 Å². The lowest BCUT2D eigenvalue weighted by Gasteiger charge is -2.24. The molecule has 192 valence electrons. The van der Waals surface area contributed by atoms with Gasteiger partial charge in [0.15, 0.2) is 16.7 Å². The number of allylic oxidation sites excluding steroid dienone is 1. The van der Waals surface area contributed by atoms with Crippen LogP contribution in [0.2, 0.25) is 0 Å². The Balaban J connectivity index is 1.78. The average molecular weight is 532 g/mol. The molecule has 1 aliphatic heterocycles. The molecule has 11 heteroatoms. The lowest BCUT2D eigenvalue weighted by molar-refractivity contribution is -0.384. The van der Waals surface area contributed by atoms with Crippen molar-refractivity contribution in [3.05, 3.63) is 116 Å². The number of benzene rings is 2. The van der Waals surface area contributed by atoms with Crippen molar-refractivity contribution >= 4 is 45.9 Å². The van der Waals surface area contributed by atoms with E-state index in [0.29, 0.717) is 5.56 Å². The number of aliphatic hydroxyl groups excluding tert-OH is 1. The lowest BCUT2D eigenvalue weighted by Crippen LogP contribution is -2.30. The van der Waals surface area contributed by atoms with Crippen molar-refractivity contribution in [2.24, 2.45) is 0 Å². The Morgan fingerprint density at radius 1 is 1.21 bits per heavy atom. The van der Waals surface area contributed by atoms with Gasteiger partial charge < -0.3 is 9.84 Å². The van der Waals surface area contributed by atoms with Gasteiger partial charge in [-0.1, -0.05) is 60.4 Å². The van der Waals surface area contributed by atoms with Gasteiger partial charge in [-0.3, -0.25) is 24.6 Å². The molecule has 2 aromatic carbocycles. The molecule has 0 spiro atoms. The highest BCUT2D eigenvalue weighted by Crippen LogP contribution is 2.43. The zero-order chi connectivity index (χ0) is 27.4. The van der Waals surface area contributed by atoms with Gasteiger partial charge in [0.25, 0.3) is 11.6 Å². The predicted octanol–water partition coefficient (Wildman–Crippen LogP) is 4.89. The first-order chi connectivity index (χ1) is 18.2. The number of ether oxygens (including phenoxy) is 1. The number of aromatic nitrogens is 1. The Morgan fingerprint density at radius 3 is 2.53 bits per heavy atom. The normalized spacial score (nSPS) is 15.2. The summed E-state index contributed by atoms with van der Waals surface area (Å²) in [5.41, 5.74) is 0.935. The number of nitrogens with zero attached hydrogens (tertiary/aromatic N) is 3. The maximum atomic E-state index is 13.3. The number of carbonyl (C=O) groups is 3. The van der Waals surface area contributed by atoms with Crippen LogP contribution >= 0.6 is 11.3 Å². The van der Waals surface area contributed by atoms with E-state index < -0.39 is 34.4 Å². The summed E-state index contributed by atoms with van der Waals surface area (Å²) < 4.78 is 5.09. The predicted molar refractivity (Wildman–Crippen MR) is 141 cm³/mol. The minimum Gasteiger partial charge on any atom is -0.503 e. The number of amides is 1. The molecule has 10 nitrogen and oxygen atoms in total. The number of hydrogen-bond donors (Lipinski definition) is 1. The number of anilines is 1. The molecule has 1 N–H and O–H groups in total. The molecular formula is C27H21N3O7S. The number of rotatable bonds is 9. The summed E-state index contributed by atoms with van der Waals surface area (Å²) >= 11 is 0.861. The largest absolute Gasteiger partial charge is 0.503 e. The van der Waals surface area contributed by atoms with Crippen molar-refractivity contribution < 1.29 is 29.2 Å². The van der Waals surface area contributed by atoms with Crippen LogP contribution in [0.15, 0.2) is 84.7 Å². The van der Waals surface area contributed by atoms with Crippen LogP contribution < -0.4 is 4.90 Å². The number of non-ortho nitro benzene ring substituents is 1. The third kappa shape index (κ3) is 5.13. The third-order valence-electron chi connectivity index (χ3n) is 5.63. The van der Waals surface area contributed by atoms with Crippen molar-refractivity contribution in [3.63, 3.8) is 0 Å². The molecule has 1 unspecified atom stereocenters. The van der Waals surface area contributed by atoms with Gasteiger partial charge in [-0.15, -0.1) is 0 Å². The third-order valence-corrected chi connectivity index (χ3v) is 6.77. The fraction of sp³-hybridized carbons (Fsp3) is 0.111. The Kier molecular flexibility index (Phi) is 7.58. The standard InChI is InChI=1S/C27H21N3O7S/c1-3-15-37-26(34)24-16(2)28-27(38-24)29-22(18-10-12-19(13-11-18)30(35)36)21(23(32)25(29)33)20(31)14-9-17-7-5-4-6-8-17/h3-14,22,32H,1,15H2,2H3. The molecule has 0 saturated heterocycles. The smallest absolute Gasteiger partial charge is 0.350 e. The van der Waals surface area contributed by atoms with Crippen molar-refractivity contribution in [1.29, 1.82) is 0 Å². The molecular weight excluding hydrogens is 510 g/mol. The molecule has 0 saturated carbocycles. The number of esters is 1. The fourth-order valence-corrected chi connectivity index (χ4v) is 4.84. The van der Waals surface area contributed by atoms with Crippen LogP contribution in [-0.4, -0.2) is 39.3 Å². The summed E-state index contributed by atoms with van der Waals surface area (Å²) in [5.74, 6) is -2.97. The summed E-state index contributed by atoms with van der Waals surface area (Å²) in [5, 5.41) is 22.0. The van der Waals surface area contributed by atoms with E-state index in [4.69, 9.17) is 4.74 Å². The number of nitro benzene ring substituents is 1. The Labute approximate surface area is 221 Å². The second-order valence-corrected chi connectivity index (χ2v) is 9.07. The summed E-state index contributed by atoms with van der Waals surface area (Å²) in [7, 11) is 0. The van der Waals surface area contributed by atoms with Crippen LogP contribution in [0.5, 0.6) is 0 Å². The highest BCUT2D eigenvalue weighted by molar-refractivity contribution is 7.17. The minimum absolute atomic E-state index is 0.0195. The maximum absolute atomic E-state index is 13.3. The summed E-state index contributed by atoms with van der Waals surface area (Å²) in [6.07, 6.45) is 4.19. The summed E-state index contributed by atoms with van der Waals surface area (Å²) in [4.78, 5) is 55.2. The molecule has 38 heavy (non-hydrogen) atoms. The number of aliphatic hydroxyl groups is 1. The van der Waals surface area contributed by atoms with Crippen LogP contribution in [0.3, 0.4) is 0 Å². The van der Waals surface area contributed by atoms with Gasteiger partial charge in [0.1, 0.15) is 11.5 Å². The molecule has 1 amide bonds. The molecule has 1 atom stereocenters. The van der Waals surface area contributed by atoms with E-state index in [1.165, 1.54) is 36.4 Å². The second kappa shape index (κ2) is 11.0. The average Bonchev–Trinajstić information content (AvgIpc) is 3.43. The zero-order valence-corrected chi connectivity index (χ0v) is 20.9. The first-order valence-corrected chi connectivity index (χ1v) is 12.1. The molecule has 2 heterocycles. The van der Waals surface area contributed by atoms with Gasteiger partial charge >= 0.3 is 5.97 Å². The number of nitro groups is 1. The maximum Gasteiger partial charge on any atom is 0.350 e. The Morgan fingerprint density at radius 2 is 1.89 bits per heavy atom. The number of hydrogen-bond acceptors (Lipinski definition) is 9. The molecule has 0 aliphatic carbocycles. The van der Waals surface area contributed by atoms with E-state index >= 15 is 0 Å². The minimum atomic E-state index is -1.15. The molecule has 0 radical (unpaired) electrons. The monoisotopic (exact) mass is 531 g/mol. The second-order valence-electron chi connectivity index (χ2n) is 8.09. The van der Waals surface area contributed by atoms with Crippen LogP contribution in [0.1, 0.15) is 32.5 Å². The Hall–Kier alpha value is -4.90. The molecule has 4 rings (SSSR count). The van der Waals surface area contributed by atoms with Crippen LogP contribution in [0.4, 0.5) is 10.8 Å². The van der Waals surface area contributed by atoms with Gasteiger partial charge in [-0.05, 0) is 36.3 Å². The van der Waals surface area contributed by atoms with Crippen molar-refractivity contribution in [2.75, 3.05) is 11.5 Å². The van der Waals surface area contributed by atoms with Crippen LogP contribution in [0, 0.1) is 17.0 Å². The quantitative estimate of drug-likeness (QED) is 0.135. The van der Waals surface area contributed by atoms with E-state index in [9.17, 15) is 29.6 Å². The number of carbonyl (C=O) groups excluding carboxylic acids is 3. The summed E-state index contributed by atoms with van der Waals surface area (Å²) in [6, 6.07) is 13.1. The fourth-order valence-electron chi connectivity index (χ4n) is 3.85. The van der Waals surface area contributed by atoms with Crippen LogP contribution in [-0.2, 0) is 14.3 Å². The van der Waals surface area contributed by atoms with Crippen LogP contribution in [0.25, 0.3) is 6.08 Å². The van der Waals surface area contributed by atoms with Gasteiger partial charge in [-0.25, -0.2) is 9.78 Å². The van der Waals surface area contributed by atoms with Crippen molar-refractivity contribution in [1.82, 2.24) is 4.98 Å². The first kappa shape index (κ1) is 26.2. The van der Waals surface area contributed by atoms with E-state index in [0.717, 1.165) is 21.8 Å². The highest BCUT2D eigenvalue weighted by Gasteiger charge is 2.45. The van der Waals surface area contributed by atoms with Gasteiger partial charge in [0, 0.05) is 12.1 Å². The van der Waals surface area contributed by atoms with E-state index in [2.05, 4.69) is 11.6 Å². The molecule has 1 aromatic heterocycles.